The van der Waals surface area contributed by atoms with Crippen molar-refractivity contribution in [2.75, 3.05) is 13.2 Å². The fourth-order valence-corrected chi connectivity index (χ4v) is 3.64. The Morgan fingerprint density at radius 2 is 1.74 bits per heavy atom. The number of aliphatic hydroxyl groups excluding tert-OH is 1. The van der Waals surface area contributed by atoms with E-state index in [0.717, 1.165) is 28.7 Å². The number of rotatable bonds is 9. The molecule has 1 heterocycles. The van der Waals surface area contributed by atoms with Gasteiger partial charge < -0.3 is 10.4 Å². The van der Waals surface area contributed by atoms with Crippen molar-refractivity contribution in [2.45, 2.75) is 38.9 Å². The molecule has 2 N–H and O–H groups in total. The maximum atomic E-state index is 13.1. The smallest absolute Gasteiger partial charge is 0.396 e. The van der Waals surface area contributed by atoms with Crippen LogP contribution in [0.25, 0.3) is 11.4 Å². The predicted octanol–water partition coefficient (Wildman–Crippen LogP) is 3.52. The number of alkyl halides is 3. The Morgan fingerprint density at radius 3 is 2.35 bits per heavy atom. The van der Waals surface area contributed by atoms with Gasteiger partial charge in [-0.05, 0) is 37.5 Å². The Kier molecular flexibility index (Phi) is 8.22. The summed E-state index contributed by atoms with van der Waals surface area (Å²) >= 11 is 0. The van der Waals surface area contributed by atoms with Crippen LogP contribution in [0, 0.1) is 6.92 Å². The Balaban J connectivity index is 1.82. The fraction of sp³-hybridized carbons (Fsp3) is 0.320. The molecule has 1 amide bonds. The molecule has 0 aliphatic heterocycles. The number of aromatic nitrogens is 2. The van der Waals surface area contributed by atoms with Crippen molar-refractivity contribution in [3.05, 3.63) is 87.3 Å². The van der Waals surface area contributed by atoms with E-state index in [1.165, 1.54) is 12.1 Å². The highest BCUT2D eigenvalue weighted by atomic mass is 19.4. The molecule has 34 heavy (non-hydrogen) atoms. The van der Waals surface area contributed by atoms with E-state index in [9.17, 15) is 27.9 Å². The molecule has 0 fully saturated rings. The van der Waals surface area contributed by atoms with Gasteiger partial charge in [0.1, 0.15) is 12.4 Å². The van der Waals surface area contributed by atoms with Crippen molar-refractivity contribution in [1.82, 2.24) is 14.9 Å². The summed E-state index contributed by atoms with van der Waals surface area (Å²) in [6.45, 7) is 1.38. The average Bonchev–Trinajstić information content (AvgIpc) is 2.81. The molecule has 0 radical (unpaired) electrons. The van der Waals surface area contributed by atoms with E-state index in [0.29, 0.717) is 18.7 Å². The highest BCUT2D eigenvalue weighted by Gasteiger charge is 2.30. The largest absolute Gasteiger partial charge is 0.416 e. The number of amides is 1. The van der Waals surface area contributed by atoms with E-state index in [-0.39, 0.29) is 36.5 Å². The molecular formula is C25H26F3N3O3. The topological polar surface area (TPSA) is 84.2 Å². The summed E-state index contributed by atoms with van der Waals surface area (Å²) in [7, 11) is 0. The lowest BCUT2D eigenvalue weighted by Gasteiger charge is -2.16. The van der Waals surface area contributed by atoms with Gasteiger partial charge in [0.2, 0.25) is 5.91 Å². The molecule has 9 heteroatoms. The first-order valence-electron chi connectivity index (χ1n) is 10.9. The van der Waals surface area contributed by atoms with Crippen LogP contribution in [0.5, 0.6) is 0 Å². The third-order valence-electron chi connectivity index (χ3n) is 5.41. The van der Waals surface area contributed by atoms with Crippen molar-refractivity contribution < 1.29 is 23.1 Å². The Morgan fingerprint density at radius 1 is 1.06 bits per heavy atom. The zero-order chi connectivity index (χ0) is 24.7. The lowest BCUT2D eigenvalue weighted by atomic mass is 10.1. The van der Waals surface area contributed by atoms with Crippen LogP contribution in [0.4, 0.5) is 13.2 Å². The van der Waals surface area contributed by atoms with Gasteiger partial charge in [-0.25, -0.2) is 4.98 Å². The lowest BCUT2D eigenvalue weighted by Crippen LogP contribution is -2.36. The quantitative estimate of drug-likeness (QED) is 0.466. The van der Waals surface area contributed by atoms with Crippen LogP contribution in [0.15, 0.2) is 59.4 Å². The summed E-state index contributed by atoms with van der Waals surface area (Å²) in [5, 5.41) is 12.1. The number of hydrogen-bond acceptors (Lipinski definition) is 4. The van der Waals surface area contributed by atoms with Gasteiger partial charge in [0, 0.05) is 36.4 Å². The number of nitrogens with one attached hydrogen (secondary N) is 1. The standard InChI is InChI=1S/C25H26F3N3O3/c1-17-21(13-15-32)24(34)31(16-22(33)29-14-5-8-18-6-3-2-4-7-18)23(30-17)19-9-11-20(12-10-19)25(26,27)28/h2-4,6-7,9-12,32H,5,8,13-16H2,1H3,(H,29,33). The third-order valence-corrected chi connectivity index (χ3v) is 5.41. The molecular weight excluding hydrogens is 447 g/mol. The van der Waals surface area contributed by atoms with Gasteiger partial charge in [0.05, 0.1) is 5.56 Å². The second-order valence-corrected chi connectivity index (χ2v) is 7.88. The molecule has 0 saturated heterocycles. The molecule has 0 saturated carbocycles. The number of carbonyl (C=O) groups is 1. The monoisotopic (exact) mass is 473 g/mol. The summed E-state index contributed by atoms with van der Waals surface area (Å²) in [6.07, 6.45) is -2.95. The maximum absolute atomic E-state index is 13.1. The molecule has 180 valence electrons. The van der Waals surface area contributed by atoms with Gasteiger partial charge in [-0.3, -0.25) is 14.2 Å². The maximum Gasteiger partial charge on any atom is 0.416 e. The van der Waals surface area contributed by atoms with Crippen LogP contribution >= 0.6 is 0 Å². The van der Waals surface area contributed by atoms with Gasteiger partial charge >= 0.3 is 6.18 Å². The molecule has 6 nitrogen and oxygen atoms in total. The summed E-state index contributed by atoms with van der Waals surface area (Å²) in [5.41, 5.74) is 0.712. The van der Waals surface area contributed by atoms with Gasteiger partial charge in [0.25, 0.3) is 5.56 Å². The van der Waals surface area contributed by atoms with Gasteiger partial charge in [-0.1, -0.05) is 42.5 Å². The summed E-state index contributed by atoms with van der Waals surface area (Å²) in [6, 6.07) is 14.1. The average molecular weight is 473 g/mol. The lowest BCUT2D eigenvalue weighted by molar-refractivity contribution is -0.137. The van der Waals surface area contributed by atoms with E-state index in [2.05, 4.69) is 10.3 Å². The van der Waals surface area contributed by atoms with Crippen molar-refractivity contribution in [3.8, 4) is 11.4 Å². The number of benzene rings is 2. The minimum atomic E-state index is -4.49. The molecule has 0 aliphatic rings. The molecule has 0 aliphatic carbocycles. The van der Waals surface area contributed by atoms with Crippen LogP contribution < -0.4 is 10.9 Å². The number of aliphatic hydroxyl groups is 1. The number of aryl methyl sites for hydroxylation is 2. The Bertz CT molecular complexity index is 1170. The van der Waals surface area contributed by atoms with Crippen molar-refractivity contribution in [1.29, 1.82) is 0 Å². The molecule has 0 bridgehead atoms. The second-order valence-electron chi connectivity index (χ2n) is 7.88. The molecule has 1 aromatic heterocycles. The zero-order valence-electron chi connectivity index (χ0n) is 18.7. The second kappa shape index (κ2) is 11.1. The number of nitrogens with zero attached hydrogens (tertiary/aromatic N) is 2. The normalized spacial score (nSPS) is 11.4. The number of halogens is 3. The summed E-state index contributed by atoms with van der Waals surface area (Å²) < 4.78 is 40.0. The van der Waals surface area contributed by atoms with Crippen LogP contribution in [-0.2, 0) is 30.4 Å². The molecule has 0 spiro atoms. The first kappa shape index (κ1) is 25.2. The SMILES string of the molecule is Cc1nc(-c2ccc(C(F)(F)F)cc2)n(CC(=O)NCCCc2ccccc2)c(=O)c1CCO. The molecule has 2 aromatic carbocycles. The van der Waals surface area contributed by atoms with Gasteiger partial charge in [0.15, 0.2) is 0 Å². The van der Waals surface area contributed by atoms with Crippen LogP contribution in [0.3, 0.4) is 0 Å². The summed E-state index contributed by atoms with van der Waals surface area (Å²) in [4.78, 5) is 30.1. The van der Waals surface area contributed by atoms with E-state index < -0.39 is 23.2 Å². The highest BCUT2D eigenvalue weighted by molar-refractivity contribution is 5.76. The zero-order valence-corrected chi connectivity index (χ0v) is 18.7. The van der Waals surface area contributed by atoms with E-state index >= 15 is 0 Å². The van der Waals surface area contributed by atoms with E-state index in [1.807, 2.05) is 30.3 Å². The summed E-state index contributed by atoms with van der Waals surface area (Å²) in [5.74, 6) is -0.318. The van der Waals surface area contributed by atoms with E-state index in [1.54, 1.807) is 6.92 Å². The van der Waals surface area contributed by atoms with Crippen molar-refractivity contribution in [2.24, 2.45) is 0 Å². The van der Waals surface area contributed by atoms with Crippen molar-refractivity contribution >= 4 is 5.91 Å². The first-order chi connectivity index (χ1) is 16.2. The fourth-order valence-electron chi connectivity index (χ4n) is 3.64. The molecule has 3 rings (SSSR count). The van der Waals surface area contributed by atoms with Crippen molar-refractivity contribution in [3.63, 3.8) is 0 Å². The van der Waals surface area contributed by atoms with Gasteiger partial charge in [-0.2, -0.15) is 13.2 Å². The molecule has 3 aromatic rings. The molecule has 0 unspecified atom stereocenters. The van der Waals surface area contributed by atoms with Crippen LogP contribution in [0.2, 0.25) is 0 Å². The van der Waals surface area contributed by atoms with Gasteiger partial charge in [-0.15, -0.1) is 0 Å². The number of hydrogen-bond donors (Lipinski definition) is 2. The Labute approximate surface area is 195 Å². The van der Waals surface area contributed by atoms with Crippen LogP contribution in [-0.4, -0.2) is 33.7 Å². The highest BCUT2D eigenvalue weighted by Crippen LogP contribution is 2.30. The predicted molar refractivity (Wildman–Crippen MR) is 122 cm³/mol. The third kappa shape index (κ3) is 6.32. The number of carbonyl (C=O) groups excluding carboxylic acids is 1. The minimum absolute atomic E-state index is 0.0592. The first-order valence-corrected chi connectivity index (χ1v) is 10.9. The molecule has 0 atom stereocenters. The van der Waals surface area contributed by atoms with Crippen LogP contribution in [0.1, 0.15) is 28.8 Å². The minimum Gasteiger partial charge on any atom is -0.396 e. The van der Waals surface area contributed by atoms with E-state index in [4.69, 9.17) is 0 Å². The Hall–Kier alpha value is -3.46.